The molecule has 0 aromatic heterocycles. The minimum atomic E-state index is -0.330. The molecule has 0 saturated heterocycles. The molecule has 0 aliphatic carbocycles. The third-order valence-corrected chi connectivity index (χ3v) is 4.38. The lowest BCUT2D eigenvalue weighted by Gasteiger charge is -2.35. The van der Waals surface area contributed by atoms with Gasteiger partial charge >= 0.3 is 0 Å². The largest absolute Gasteiger partial charge is 0.271 e. The van der Waals surface area contributed by atoms with Gasteiger partial charge in [-0.05, 0) is 29.7 Å². The molecule has 1 unspecified atom stereocenters. The van der Waals surface area contributed by atoms with Crippen LogP contribution in [0, 0.1) is 5.82 Å². The monoisotopic (exact) mass is 306 g/mol. The van der Waals surface area contributed by atoms with Gasteiger partial charge in [0.15, 0.2) is 0 Å². The topological polar surface area (TPSA) is 38.0 Å². The van der Waals surface area contributed by atoms with Crippen LogP contribution in [0.25, 0.3) is 0 Å². The Bertz CT molecular complexity index is 599. The van der Waals surface area contributed by atoms with E-state index in [-0.39, 0.29) is 17.3 Å². The summed E-state index contributed by atoms with van der Waals surface area (Å²) in [5.41, 5.74) is 4.76. The molecule has 0 bridgehead atoms. The van der Waals surface area contributed by atoms with Crippen LogP contribution in [0.2, 0.25) is 5.02 Å². The summed E-state index contributed by atoms with van der Waals surface area (Å²) >= 11 is 6.12. The van der Waals surface area contributed by atoms with Crippen molar-refractivity contribution in [2.45, 2.75) is 31.7 Å². The van der Waals surface area contributed by atoms with Gasteiger partial charge < -0.3 is 0 Å². The normalized spacial score (nSPS) is 13.2. The molecule has 3 N–H and O–H groups in total. The Hall–Kier alpha value is -1.42. The highest BCUT2D eigenvalue weighted by Crippen LogP contribution is 2.30. The van der Waals surface area contributed by atoms with E-state index < -0.39 is 0 Å². The molecule has 2 rings (SSSR count). The van der Waals surface area contributed by atoms with Crippen molar-refractivity contribution in [3.8, 4) is 0 Å². The highest BCUT2D eigenvalue weighted by Gasteiger charge is 2.31. The number of hydrogen-bond donors (Lipinski definition) is 2. The van der Waals surface area contributed by atoms with E-state index in [1.165, 1.54) is 17.7 Å². The number of halogens is 2. The molecule has 0 radical (unpaired) electrons. The molecule has 0 spiro atoms. The van der Waals surface area contributed by atoms with Crippen LogP contribution in [-0.4, -0.2) is 6.04 Å². The van der Waals surface area contributed by atoms with Crippen molar-refractivity contribution in [3.63, 3.8) is 0 Å². The van der Waals surface area contributed by atoms with Crippen LogP contribution < -0.4 is 11.3 Å². The highest BCUT2D eigenvalue weighted by atomic mass is 35.5. The number of benzene rings is 2. The van der Waals surface area contributed by atoms with Crippen molar-refractivity contribution < 1.29 is 4.39 Å². The van der Waals surface area contributed by atoms with Gasteiger partial charge in [0.2, 0.25) is 0 Å². The molecule has 0 aliphatic heterocycles. The molecule has 112 valence electrons. The molecule has 0 aliphatic rings. The van der Waals surface area contributed by atoms with Crippen LogP contribution in [0.4, 0.5) is 4.39 Å². The van der Waals surface area contributed by atoms with Gasteiger partial charge in [-0.2, -0.15) is 0 Å². The van der Waals surface area contributed by atoms with E-state index in [0.717, 1.165) is 5.56 Å². The second kappa shape index (κ2) is 6.56. The number of nitrogens with one attached hydrogen (secondary N) is 1. The molecule has 0 heterocycles. The van der Waals surface area contributed by atoms with Crippen LogP contribution >= 0.6 is 11.6 Å². The van der Waals surface area contributed by atoms with Crippen molar-refractivity contribution in [3.05, 3.63) is 70.5 Å². The second-order valence-corrected chi connectivity index (χ2v) is 6.15. The second-order valence-electron chi connectivity index (χ2n) is 5.75. The smallest absolute Gasteiger partial charge is 0.124 e. The molecule has 0 fully saturated rings. The van der Waals surface area contributed by atoms with Gasteiger partial charge in [-0.1, -0.05) is 61.8 Å². The molecule has 4 heteroatoms. The van der Waals surface area contributed by atoms with E-state index in [9.17, 15) is 4.39 Å². The summed E-state index contributed by atoms with van der Waals surface area (Å²) < 4.78 is 13.1. The maximum absolute atomic E-state index is 13.1. The first-order valence-corrected chi connectivity index (χ1v) is 7.28. The SMILES string of the molecule is CC(C)(c1ccccc1)C(Cc1ccc(F)cc1Cl)NN. The number of hydrogen-bond acceptors (Lipinski definition) is 2. The highest BCUT2D eigenvalue weighted by molar-refractivity contribution is 6.31. The molecular weight excluding hydrogens is 287 g/mol. The Balaban J connectivity index is 2.27. The van der Waals surface area contributed by atoms with Crippen LogP contribution in [0.1, 0.15) is 25.0 Å². The van der Waals surface area contributed by atoms with Gasteiger partial charge in [-0.3, -0.25) is 11.3 Å². The summed E-state index contributed by atoms with van der Waals surface area (Å²) in [6.45, 7) is 4.26. The minimum absolute atomic E-state index is 0.0251. The lowest BCUT2D eigenvalue weighted by Crippen LogP contribution is -2.49. The molecular formula is C17H20ClFN2. The first-order chi connectivity index (χ1) is 9.95. The fourth-order valence-corrected chi connectivity index (χ4v) is 2.74. The maximum atomic E-state index is 13.1. The Morgan fingerprint density at radius 3 is 2.43 bits per heavy atom. The zero-order valence-electron chi connectivity index (χ0n) is 12.2. The van der Waals surface area contributed by atoms with E-state index in [1.807, 2.05) is 18.2 Å². The fourth-order valence-electron chi connectivity index (χ4n) is 2.50. The van der Waals surface area contributed by atoms with Crippen LogP contribution in [0.15, 0.2) is 48.5 Å². The number of nitrogens with two attached hydrogens (primary N) is 1. The molecule has 2 aromatic carbocycles. The molecule has 0 amide bonds. The van der Waals surface area contributed by atoms with Gasteiger partial charge in [0.05, 0.1) is 0 Å². The molecule has 21 heavy (non-hydrogen) atoms. The predicted molar refractivity (Wildman–Crippen MR) is 85.7 cm³/mol. The van der Waals surface area contributed by atoms with Gasteiger partial charge in [0.25, 0.3) is 0 Å². The number of rotatable bonds is 5. The Kier molecular flexibility index (Phi) is 4.99. The Morgan fingerprint density at radius 2 is 1.86 bits per heavy atom. The van der Waals surface area contributed by atoms with E-state index in [2.05, 4.69) is 31.4 Å². The van der Waals surface area contributed by atoms with E-state index >= 15 is 0 Å². The quantitative estimate of drug-likeness (QED) is 0.651. The van der Waals surface area contributed by atoms with Crippen molar-refractivity contribution in [1.82, 2.24) is 5.43 Å². The van der Waals surface area contributed by atoms with Crippen LogP contribution in [-0.2, 0) is 11.8 Å². The van der Waals surface area contributed by atoms with Gasteiger partial charge in [0, 0.05) is 16.5 Å². The van der Waals surface area contributed by atoms with E-state index in [4.69, 9.17) is 17.4 Å². The van der Waals surface area contributed by atoms with E-state index in [0.29, 0.717) is 11.4 Å². The van der Waals surface area contributed by atoms with Gasteiger partial charge in [0.1, 0.15) is 5.82 Å². The average Bonchev–Trinajstić information content (AvgIpc) is 2.47. The number of hydrazine groups is 1. The summed E-state index contributed by atoms with van der Waals surface area (Å²) in [7, 11) is 0. The molecule has 2 nitrogen and oxygen atoms in total. The van der Waals surface area contributed by atoms with Gasteiger partial charge in [-0.15, -0.1) is 0 Å². The summed E-state index contributed by atoms with van der Waals surface area (Å²) in [6, 6.07) is 14.6. The Labute approximate surface area is 130 Å². The van der Waals surface area contributed by atoms with Crippen LogP contribution in [0.5, 0.6) is 0 Å². The lowest BCUT2D eigenvalue weighted by atomic mass is 9.75. The predicted octanol–water partition coefficient (Wildman–Crippen LogP) is 3.83. The maximum Gasteiger partial charge on any atom is 0.124 e. The Morgan fingerprint density at radius 1 is 1.19 bits per heavy atom. The van der Waals surface area contributed by atoms with Crippen LogP contribution in [0.3, 0.4) is 0 Å². The lowest BCUT2D eigenvalue weighted by molar-refractivity contribution is 0.341. The zero-order chi connectivity index (χ0) is 15.5. The fraction of sp³-hybridized carbons (Fsp3) is 0.294. The molecule has 1 atom stereocenters. The third-order valence-electron chi connectivity index (χ3n) is 4.03. The van der Waals surface area contributed by atoms with E-state index in [1.54, 1.807) is 6.07 Å². The summed E-state index contributed by atoms with van der Waals surface area (Å²) in [5.74, 6) is 5.43. The minimum Gasteiger partial charge on any atom is -0.271 e. The van der Waals surface area contributed by atoms with Crippen molar-refractivity contribution in [2.75, 3.05) is 0 Å². The first-order valence-electron chi connectivity index (χ1n) is 6.90. The third kappa shape index (κ3) is 3.62. The zero-order valence-corrected chi connectivity index (χ0v) is 13.0. The molecule has 0 saturated carbocycles. The molecule has 2 aromatic rings. The van der Waals surface area contributed by atoms with Crippen molar-refractivity contribution in [2.24, 2.45) is 5.84 Å². The summed E-state index contributed by atoms with van der Waals surface area (Å²) in [5, 5.41) is 0.430. The average molecular weight is 307 g/mol. The standard InChI is InChI=1S/C17H20ClFN2/c1-17(2,13-6-4-3-5-7-13)16(21-20)10-12-8-9-14(19)11-15(12)18/h3-9,11,16,21H,10,20H2,1-2H3. The van der Waals surface area contributed by atoms with Gasteiger partial charge in [-0.25, -0.2) is 4.39 Å². The summed E-state index contributed by atoms with van der Waals surface area (Å²) in [6.07, 6.45) is 0.623. The van der Waals surface area contributed by atoms with Crippen molar-refractivity contribution >= 4 is 11.6 Å². The van der Waals surface area contributed by atoms with Crippen molar-refractivity contribution in [1.29, 1.82) is 0 Å². The summed E-state index contributed by atoms with van der Waals surface area (Å²) in [4.78, 5) is 0. The first kappa shape index (κ1) is 16.0.